The van der Waals surface area contributed by atoms with Crippen LogP contribution in [-0.2, 0) is 10.0 Å². The SMILES string of the molecule is CCNS(=O)(=O)CCNc1c(N)cccc1Cl. The number of benzene rings is 1. The highest BCUT2D eigenvalue weighted by molar-refractivity contribution is 7.89. The first-order valence-corrected chi connectivity index (χ1v) is 7.24. The van der Waals surface area contributed by atoms with Gasteiger partial charge in [0.2, 0.25) is 10.0 Å². The molecule has 0 unspecified atom stereocenters. The van der Waals surface area contributed by atoms with Crippen molar-refractivity contribution in [3.63, 3.8) is 0 Å². The quantitative estimate of drug-likeness (QED) is 0.684. The normalized spacial score (nSPS) is 11.4. The number of hydrogen-bond acceptors (Lipinski definition) is 4. The summed E-state index contributed by atoms with van der Waals surface area (Å²) in [6, 6.07) is 5.13. The Kier molecular flexibility index (Phi) is 5.04. The Hall–Kier alpha value is -0.980. The largest absolute Gasteiger partial charge is 0.397 e. The van der Waals surface area contributed by atoms with Crippen molar-refractivity contribution in [2.24, 2.45) is 0 Å². The number of rotatable bonds is 6. The molecule has 96 valence electrons. The minimum absolute atomic E-state index is 0.0223. The van der Waals surface area contributed by atoms with Crippen molar-refractivity contribution in [2.45, 2.75) is 6.92 Å². The van der Waals surface area contributed by atoms with E-state index in [1.165, 1.54) is 0 Å². The number of sulfonamides is 1. The molecule has 0 aromatic heterocycles. The smallest absolute Gasteiger partial charge is 0.213 e. The van der Waals surface area contributed by atoms with Gasteiger partial charge in [-0.25, -0.2) is 13.1 Å². The van der Waals surface area contributed by atoms with E-state index in [1.54, 1.807) is 25.1 Å². The number of anilines is 2. The van der Waals surface area contributed by atoms with Gasteiger partial charge in [0.25, 0.3) is 0 Å². The van der Waals surface area contributed by atoms with Crippen LogP contribution in [0.4, 0.5) is 11.4 Å². The lowest BCUT2D eigenvalue weighted by molar-refractivity contribution is 0.584. The number of nitrogens with one attached hydrogen (secondary N) is 2. The van der Waals surface area contributed by atoms with Crippen LogP contribution in [0.5, 0.6) is 0 Å². The molecule has 0 amide bonds. The maximum atomic E-state index is 11.4. The van der Waals surface area contributed by atoms with Crippen molar-refractivity contribution in [1.82, 2.24) is 4.72 Å². The van der Waals surface area contributed by atoms with Crippen molar-refractivity contribution in [3.8, 4) is 0 Å². The van der Waals surface area contributed by atoms with E-state index in [4.69, 9.17) is 17.3 Å². The number of hydrogen-bond donors (Lipinski definition) is 3. The first-order valence-electron chi connectivity index (χ1n) is 5.21. The van der Waals surface area contributed by atoms with Crippen molar-refractivity contribution < 1.29 is 8.42 Å². The molecule has 0 aliphatic heterocycles. The molecule has 0 heterocycles. The molecule has 0 bridgehead atoms. The topological polar surface area (TPSA) is 84.2 Å². The molecule has 1 rings (SSSR count). The molecule has 17 heavy (non-hydrogen) atoms. The predicted molar refractivity (Wildman–Crippen MR) is 71.8 cm³/mol. The van der Waals surface area contributed by atoms with E-state index in [0.29, 0.717) is 22.9 Å². The fourth-order valence-corrected chi connectivity index (χ4v) is 2.53. The highest BCUT2D eigenvalue weighted by atomic mass is 35.5. The molecular formula is C10H16ClN3O2S. The Balaban J connectivity index is 2.57. The second kappa shape index (κ2) is 6.09. The predicted octanol–water partition coefficient (Wildman–Crippen LogP) is 1.27. The fourth-order valence-electron chi connectivity index (χ4n) is 1.33. The number of nitrogens with two attached hydrogens (primary N) is 1. The van der Waals surface area contributed by atoms with Gasteiger partial charge in [0.15, 0.2) is 0 Å². The van der Waals surface area contributed by atoms with E-state index in [-0.39, 0.29) is 12.3 Å². The molecule has 4 N–H and O–H groups in total. The van der Waals surface area contributed by atoms with Gasteiger partial charge in [-0.2, -0.15) is 0 Å². The van der Waals surface area contributed by atoms with Crippen molar-refractivity contribution in [2.75, 3.05) is 29.9 Å². The van der Waals surface area contributed by atoms with E-state index in [1.807, 2.05) is 0 Å². The van der Waals surface area contributed by atoms with E-state index >= 15 is 0 Å². The molecule has 0 aliphatic rings. The number of halogens is 1. The molecule has 0 atom stereocenters. The van der Waals surface area contributed by atoms with Gasteiger partial charge in [-0.15, -0.1) is 0 Å². The van der Waals surface area contributed by atoms with Gasteiger partial charge in [-0.1, -0.05) is 24.6 Å². The van der Waals surface area contributed by atoms with Crippen molar-refractivity contribution >= 4 is 33.0 Å². The van der Waals surface area contributed by atoms with E-state index in [2.05, 4.69) is 10.0 Å². The Morgan fingerprint density at radius 2 is 2.12 bits per heavy atom. The summed E-state index contributed by atoms with van der Waals surface area (Å²) in [5.41, 5.74) is 6.79. The first kappa shape index (κ1) is 14.1. The average Bonchev–Trinajstić information content (AvgIpc) is 2.22. The Morgan fingerprint density at radius 1 is 1.41 bits per heavy atom. The molecule has 5 nitrogen and oxygen atoms in total. The zero-order valence-electron chi connectivity index (χ0n) is 9.53. The summed E-state index contributed by atoms with van der Waals surface area (Å²) in [6.45, 7) is 2.37. The van der Waals surface area contributed by atoms with Gasteiger partial charge in [-0.05, 0) is 12.1 Å². The molecule has 7 heteroatoms. The van der Waals surface area contributed by atoms with E-state index < -0.39 is 10.0 Å². The van der Waals surface area contributed by atoms with Gasteiger partial charge in [-0.3, -0.25) is 0 Å². The van der Waals surface area contributed by atoms with Crippen LogP contribution < -0.4 is 15.8 Å². The van der Waals surface area contributed by atoms with Crippen molar-refractivity contribution in [1.29, 1.82) is 0 Å². The standard InChI is InChI=1S/C10H16ClN3O2S/c1-2-14-17(15,16)7-6-13-10-8(11)4-3-5-9(10)12/h3-5,13-14H,2,6-7,12H2,1H3. The average molecular weight is 278 g/mol. The van der Waals surface area contributed by atoms with Crippen LogP contribution in [0.1, 0.15) is 6.92 Å². The van der Waals surface area contributed by atoms with Crippen LogP contribution in [0, 0.1) is 0 Å². The van der Waals surface area contributed by atoms with Crippen LogP contribution in [0.2, 0.25) is 5.02 Å². The van der Waals surface area contributed by atoms with Gasteiger partial charge in [0.1, 0.15) is 0 Å². The molecular weight excluding hydrogens is 262 g/mol. The fraction of sp³-hybridized carbons (Fsp3) is 0.400. The van der Waals surface area contributed by atoms with E-state index in [0.717, 1.165) is 0 Å². The zero-order valence-corrected chi connectivity index (χ0v) is 11.1. The van der Waals surface area contributed by atoms with Crippen LogP contribution in [0.3, 0.4) is 0 Å². The lowest BCUT2D eigenvalue weighted by Crippen LogP contribution is -2.29. The molecule has 0 spiro atoms. The van der Waals surface area contributed by atoms with Gasteiger partial charge >= 0.3 is 0 Å². The second-order valence-electron chi connectivity index (χ2n) is 3.45. The Morgan fingerprint density at radius 3 is 2.71 bits per heavy atom. The Bertz CT molecular complexity index is 456. The minimum Gasteiger partial charge on any atom is -0.397 e. The zero-order chi connectivity index (χ0) is 12.9. The summed E-state index contributed by atoms with van der Waals surface area (Å²) in [7, 11) is -3.22. The summed E-state index contributed by atoms with van der Waals surface area (Å²) in [6.07, 6.45) is 0. The molecule has 0 radical (unpaired) electrons. The van der Waals surface area contributed by atoms with Gasteiger partial charge < -0.3 is 11.1 Å². The van der Waals surface area contributed by atoms with Crippen LogP contribution in [0.15, 0.2) is 18.2 Å². The summed E-state index contributed by atoms with van der Waals surface area (Å²) in [4.78, 5) is 0. The minimum atomic E-state index is -3.22. The lowest BCUT2D eigenvalue weighted by Gasteiger charge is -2.11. The summed E-state index contributed by atoms with van der Waals surface area (Å²) < 4.78 is 25.2. The van der Waals surface area contributed by atoms with Gasteiger partial charge in [0.05, 0.1) is 22.2 Å². The third-order valence-electron chi connectivity index (χ3n) is 2.08. The highest BCUT2D eigenvalue weighted by Crippen LogP contribution is 2.27. The van der Waals surface area contributed by atoms with Crippen LogP contribution in [-0.4, -0.2) is 27.3 Å². The molecule has 0 saturated heterocycles. The first-order chi connectivity index (χ1) is 7.96. The lowest BCUT2D eigenvalue weighted by atomic mass is 10.2. The molecule has 0 fully saturated rings. The number of para-hydroxylation sites is 1. The molecule has 0 aliphatic carbocycles. The summed E-state index contributed by atoms with van der Waals surface area (Å²) in [5, 5.41) is 3.40. The highest BCUT2D eigenvalue weighted by Gasteiger charge is 2.09. The number of nitrogen functional groups attached to an aromatic ring is 1. The molecule has 0 saturated carbocycles. The summed E-state index contributed by atoms with van der Waals surface area (Å²) in [5.74, 6) is -0.0223. The van der Waals surface area contributed by atoms with Crippen LogP contribution >= 0.6 is 11.6 Å². The maximum absolute atomic E-state index is 11.4. The third kappa shape index (κ3) is 4.41. The summed E-state index contributed by atoms with van der Waals surface area (Å²) >= 11 is 5.93. The second-order valence-corrected chi connectivity index (χ2v) is 5.78. The monoisotopic (exact) mass is 277 g/mol. The van der Waals surface area contributed by atoms with Gasteiger partial charge in [0, 0.05) is 13.1 Å². The Labute approximate surface area is 106 Å². The van der Waals surface area contributed by atoms with Crippen LogP contribution in [0.25, 0.3) is 0 Å². The van der Waals surface area contributed by atoms with E-state index in [9.17, 15) is 8.42 Å². The maximum Gasteiger partial charge on any atom is 0.213 e. The van der Waals surface area contributed by atoms with Crippen molar-refractivity contribution in [3.05, 3.63) is 23.2 Å². The third-order valence-corrected chi connectivity index (χ3v) is 3.87. The molecule has 1 aromatic carbocycles. The molecule has 1 aromatic rings.